The smallest absolute Gasteiger partial charge is 0.272 e. The molecule has 0 saturated carbocycles. The topological polar surface area (TPSA) is 47.4 Å². The summed E-state index contributed by atoms with van der Waals surface area (Å²) in [5.41, 5.74) is 1.41. The minimum absolute atomic E-state index is 0.115. The van der Waals surface area contributed by atoms with Crippen molar-refractivity contribution in [3.05, 3.63) is 77.8 Å². The van der Waals surface area contributed by atoms with Crippen molar-refractivity contribution < 1.29 is 9.53 Å². The number of nitrogens with zero attached hydrogens (tertiary/aromatic N) is 3. The lowest BCUT2D eigenvalue weighted by Crippen LogP contribution is -2.32. The van der Waals surface area contributed by atoms with E-state index in [2.05, 4.69) is 4.98 Å². The molecule has 0 aliphatic rings. The molecular weight excluding hydrogens is 338 g/mol. The normalized spacial score (nSPS) is 10.5. The largest absolute Gasteiger partial charge is 0.492 e. The molecule has 0 aliphatic carbocycles. The molecule has 0 spiro atoms. The van der Waals surface area contributed by atoms with Gasteiger partial charge < -0.3 is 9.64 Å². The molecule has 1 heterocycles. The van der Waals surface area contributed by atoms with Crippen LogP contribution in [-0.4, -0.2) is 40.6 Å². The molecule has 25 heavy (non-hydrogen) atoms. The first kappa shape index (κ1) is 17.0. The molecule has 0 fully saturated rings. The number of aromatic nitrogens is 2. The van der Waals surface area contributed by atoms with Gasteiger partial charge in [0.25, 0.3) is 5.91 Å². The Morgan fingerprint density at radius 3 is 2.76 bits per heavy atom. The van der Waals surface area contributed by atoms with Gasteiger partial charge in [-0.2, -0.15) is 0 Å². The summed E-state index contributed by atoms with van der Waals surface area (Å²) in [5, 5.41) is 0.619. The van der Waals surface area contributed by atoms with Crippen molar-refractivity contribution in [3.63, 3.8) is 0 Å². The van der Waals surface area contributed by atoms with Crippen molar-refractivity contribution in [1.82, 2.24) is 14.5 Å². The monoisotopic (exact) mass is 355 g/mol. The Balaban J connectivity index is 1.62. The van der Waals surface area contributed by atoms with Gasteiger partial charge in [0.05, 0.1) is 19.1 Å². The lowest BCUT2D eigenvalue weighted by molar-refractivity contribution is 0.0766. The van der Waals surface area contributed by atoms with E-state index in [-0.39, 0.29) is 5.91 Å². The Hall–Kier alpha value is -2.79. The Labute approximate surface area is 151 Å². The fourth-order valence-electron chi connectivity index (χ4n) is 2.40. The molecule has 5 nitrogen and oxygen atoms in total. The minimum atomic E-state index is -0.115. The van der Waals surface area contributed by atoms with Gasteiger partial charge in [-0.05, 0) is 30.3 Å². The second-order valence-corrected chi connectivity index (χ2v) is 5.95. The fourth-order valence-corrected chi connectivity index (χ4v) is 2.58. The van der Waals surface area contributed by atoms with E-state index >= 15 is 0 Å². The van der Waals surface area contributed by atoms with E-state index in [0.717, 1.165) is 5.69 Å². The molecule has 0 saturated heterocycles. The molecule has 0 atom stereocenters. The van der Waals surface area contributed by atoms with Crippen LogP contribution in [0.25, 0.3) is 5.69 Å². The zero-order valence-electron chi connectivity index (χ0n) is 13.8. The molecule has 6 heteroatoms. The van der Waals surface area contributed by atoms with Gasteiger partial charge in [0.15, 0.2) is 0 Å². The lowest BCUT2D eigenvalue weighted by Gasteiger charge is -2.18. The van der Waals surface area contributed by atoms with Gasteiger partial charge in [0.1, 0.15) is 18.1 Å². The maximum Gasteiger partial charge on any atom is 0.272 e. The van der Waals surface area contributed by atoms with Crippen molar-refractivity contribution in [2.24, 2.45) is 0 Å². The van der Waals surface area contributed by atoms with Gasteiger partial charge in [-0.1, -0.05) is 35.9 Å². The number of imidazole rings is 1. The van der Waals surface area contributed by atoms with Gasteiger partial charge in [-0.25, -0.2) is 4.98 Å². The van der Waals surface area contributed by atoms with Crippen LogP contribution in [0.3, 0.4) is 0 Å². The zero-order chi connectivity index (χ0) is 17.6. The highest BCUT2D eigenvalue weighted by Crippen LogP contribution is 2.17. The Morgan fingerprint density at radius 2 is 2.00 bits per heavy atom. The summed E-state index contributed by atoms with van der Waals surface area (Å²) in [4.78, 5) is 18.4. The van der Waals surface area contributed by atoms with Crippen LogP contribution in [-0.2, 0) is 0 Å². The number of likely N-dealkylation sites (N-methyl/N-ethyl adjacent to an activating group) is 1. The number of halogens is 1. The van der Waals surface area contributed by atoms with Crippen LogP contribution in [0.15, 0.2) is 67.1 Å². The summed E-state index contributed by atoms with van der Waals surface area (Å²) in [6.07, 6.45) is 3.21. The van der Waals surface area contributed by atoms with Crippen LogP contribution in [0.5, 0.6) is 5.75 Å². The zero-order valence-corrected chi connectivity index (χ0v) is 14.6. The molecule has 1 amide bonds. The first-order valence-electron chi connectivity index (χ1n) is 7.87. The Kier molecular flexibility index (Phi) is 5.36. The SMILES string of the molecule is CN(CCOc1cccc(Cl)c1)C(=O)c1cncn1-c1ccccc1. The fraction of sp³-hybridized carbons (Fsp3) is 0.158. The van der Waals surface area contributed by atoms with Crippen molar-refractivity contribution in [2.75, 3.05) is 20.2 Å². The second kappa shape index (κ2) is 7.85. The van der Waals surface area contributed by atoms with Crippen molar-refractivity contribution in [2.45, 2.75) is 0 Å². The van der Waals surface area contributed by atoms with Gasteiger partial charge >= 0.3 is 0 Å². The van der Waals surface area contributed by atoms with E-state index in [1.54, 1.807) is 41.2 Å². The number of amides is 1. The van der Waals surface area contributed by atoms with Crippen molar-refractivity contribution >= 4 is 17.5 Å². The molecule has 3 rings (SSSR count). The molecule has 0 aliphatic heterocycles. The van der Waals surface area contributed by atoms with E-state index in [9.17, 15) is 4.79 Å². The molecule has 0 unspecified atom stereocenters. The minimum Gasteiger partial charge on any atom is -0.492 e. The van der Waals surface area contributed by atoms with Crippen LogP contribution in [0, 0.1) is 0 Å². The third kappa shape index (κ3) is 4.19. The average molecular weight is 356 g/mol. The molecule has 128 valence electrons. The maximum atomic E-state index is 12.7. The van der Waals surface area contributed by atoms with E-state index in [4.69, 9.17) is 16.3 Å². The van der Waals surface area contributed by atoms with E-state index in [1.807, 2.05) is 42.5 Å². The summed E-state index contributed by atoms with van der Waals surface area (Å²) in [6.45, 7) is 0.827. The number of rotatable bonds is 6. The maximum absolute atomic E-state index is 12.7. The first-order chi connectivity index (χ1) is 12.1. The highest BCUT2D eigenvalue weighted by atomic mass is 35.5. The summed E-state index contributed by atoms with van der Waals surface area (Å²) in [5.74, 6) is 0.568. The number of carbonyl (C=O) groups excluding carboxylic acids is 1. The summed E-state index contributed by atoms with van der Waals surface area (Å²) in [6, 6.07) is 16.8. The number of hydrogen-bond donors (Lipinski definition) is 0. The molecule has 2 aromatic carbocycles. The standard InChI is InChI=1S/C19H18ClN3O2/c1-22(10-11-25-17-9-5-6-15(20)12-17)19(24)18-13-21-14-23(18)16-7-3-2-4-8-16/h2-9,12-14H,10-11H2,1H3. The van der Waals surface area contributed by atoms with Gasteiger partial charge in [-0.15, -0.1) is 0 Å². The Bertz CT molecular complexity index is 849. The van der Waals surface area contributed by atoms with E-state index < -0.39 is 0 Å². The number of para-hydroxylation sites is 1. The van der Waals surface area contributed by atoms with Crippen molar-refractivity contribution in [1.29, 1.82) is 0 Å². The first-order valence-corrected chi connectivity index (χ1v) is 8.24. The molecule has 0 bridgehead atoms. The molecule has 1 aromatic heterocycles. The molecule has 0 N–H and O–H groups in total. The Morgan fingerprint density at radius 1 is 1.20 bits per heavy atom. The average Bonchev–Trinajstić information content (AvgIpc) is 3.11. The number of benzene rings is 2. The molecule has 0 radical (unpaired) electrons. The predicted molar refractivity (Wildman–Crippen MR) is 97.5 cm³/mol. The quantitative estimate of drug-likeness (QED) is 0.677. The number of ether oxygens (including phenoxy) is 1. The third-order valence-corrected chi connectivity index (χ3v) is 3.97. The predicted octanol–water partition coefficient (Wildman–Crippen LogP) is 3.68. The number of hydrogen-bond acceptors (Lipinski definition) is 3. The van der Waals surface area contributed by atoms with Crippen LogP contribution < -0.4 is 4.74 Å². The van der Waals surface area contributed by atoms with Crippen LogP contribution >= 0.6 is 11.6 Å². The van der Waals surface area contributed by atoms with Crippen LogP contribution in [0.2, 0.25) is 5.02 Å². The third-order valence-electron chi connectivity index (χ3n) is 3.73. The molecular formula is C19H18ClN3O2. The summed E-state index contributed by atoms with van der Waals surface area (Å²) < 4.78 is 7.41. The van der Waals surface area contributed by atoms with Crippen molar-refractivity contribution in [3.8, 4) is 11.4 Å². The molecule has 3 aromatic rings. The van der Waals surface area contributed by atoms with Gasteiger partial charge in [0, 0.05) is 17.8 Å². The van der Waals surface area contributed by atoms with Crippen LogP contribution in [0.1, 0.15) is 10.5 Å². The number of carbonyl (C=O) groups is 1. The second-order valence-electron chi connectivity index (χ2n) is 5.52. The summed E-state index contributed by atoms with van der Waals surface area (Å²) in [7, 11) is 1.74. The highest BCUT2D eigenvalue weighted by Gasteiger charge is 2.17. The lowest BCUT2D eigenvalue weighted by atomic mass is 10.3. The highest BCUT2D eigenvalue weighted by molar-refractivity contribution is 6.30. The van der Waals surface area contributed by atoms with E-state index in [1.165, 1.54) is 0 Å². The van der Waals surface area contributed by atoms with Gasteiger partial charge in [-0.3, -0.25) is 9.36 Å². The van der Waals surface area contributed by atoms with Crippen LogP contribution in [0.4, 0.5) is 0 Å². The van der Waals surface area contributed by atoms with E-state index in [0.29, 0.717) is 29.6 Å². The summed E-state index contributed by atoms with van der Waals surface area (Å²) >= 11 is 5.93. The van der Waals surface area contributed by atoms with Gasteiger partial charge in [0.2, 0.25) is 0 Å².